The largest absolute Gasteiger partial charge is 0.228 e. The van der Waals surface area contributed by atoms with Crippen molar-refractivity contribution >= 4 is 37.4 Å². The maximum atomic E-state index is 11.8. The molecule has 0 aliphatic rings. The Morgan fingerprint density at radius 2 is 2.12 bits per heavy atom. The van der Waals surface area contributed by atoms with Gasteiger partial charge in [0.15, 0.2) is 9.84 Å². The van der Waals surface area contributed by atoms with Crippen LogP contribution in [0.25, 0.3) is 0 Å². The maximum Gasteiger partial charge on any atom is 0.154 e. The highest BCUT2D eigenvalue weighted by molar-refractivity contribution is 9.10. The van der Waals surface area contributed by atoms with Gasteiger partial charge in [-0.2, -0.15) is 5.26 Å². The van der Waals surface area contributed by atoms with Crippen molar-refractivity contribution in [1.82, 2.24) is 0 Å². The van der Waals surface area contributed by atoms with Gasteiger partial charge in [-0.05, 0) is 30.2 Å². The zero-order valence-electron chi connectivity index (χ0n) is 8.99. The van der Waals surface area contributed by atoms with E-state index < -0.39 is 9.84 Å². The lowest BCUT2D eigenvalue weighted by Crippen LogP contribution is -2.09. The summed E-state index contributed by atoms with van der Waals surface area (Å²) in [6.45, 7) is 0. The summed E-state index contributed by atoms with van der Waals surface area (Å²) < 4.78 is 24.3. The van der Waals surface area contributed by atoms with Gasteiger partial charge in [0.1, 0.15) is 0 Å². The molecule has 17 heavy (non-hydrogen) atoms. The second kappa shape index (κ2) is 6.39. The normalized spacial score (nSPS) is 11.1. The number of hydrogen-bond donors (Lipinski definition) is 0. The van der Waals surface area contributed by atoms with E-state index in [2.05, 4.69) is 15.9 Å². The van der Waals surface area contributed by atoms with Crippen LogP contribution in [0.1, 0.15) is 18.4 Å². The highest BCUT2D eigenvalue weighted by atomic mass is 79.9. The average Bonchev–Trinajstić information content (AvgIpc) is 2.23. The molecule has 3 nitrogen and oxygen atoms in total. The fraction of sp³-hybridized carbons (Fsp3) is 0.364. The highest BCUT2D eigenvalue weighted by Crippen LogP contribution is 2.23. The number of sulfone groups is 1. The van der Waals surface area contributed by atoms with E-state index >= 15 is 0 Å². The average molecular weight is 337 g/mol. The van der Waals surface area contributed by atoms with Gasteiger partial charge in [0, 0.05) is 15.9 Å². The Hall–Kier alpha value is -0.570. The molecule has 92 valence electrons. The molecule has 1 rings (SSSR count). The Labute approximate surface area is 114 Å². The number of hydrogen-bond acceptors (Lipinski definition) is 3. The van der Waals surface area contributed by atoms with Crippen molar-refractivity contribution in [3.63, 3.8) is 0 Å². The van der Waals surface area contributed by atoms with Crippen LogP contribution < -0.4 is 0 Å². The predicted molar refractivity (Wildman–Crippen MR) is 71.5 cm³/mol. The fourth-order valence-corrected chi connectivity index (χ4v) is 3.45. The molecule has 0 saturated heterocycles. The first-order valence-electron chi connectivity index (χ1n) is 4.96. The van der Waals surface area contributed by atoms with Crippen molar-refractivity contribution in [3.05, 3.63) is 33.3 Å². The molecule has 0 bridgehead atoms. The van der Waals surface area contributed by atoms with Gasteiger partial charge in [-0.3, -0.25) is 0 Å². The van der Waals surface area contributed by atoms with Gasteiger partial charge in [0.2, 0.25) is 0 Å². The number of nitrogens with zero attached hydrogens (tertiary/aromatic N) is 1. The number of unbranched alkanes of at least 4 members (excludes halogenated alkanes) is 1. The lowest BCUT2D eigenvalue weighted by molar-refractivity contribution is 0.593. The van der Waals surface area contributed by atoms with E-state index in [9.17, 15) is 8.42 Å². The van der Waals surface area contributed by atoms with Crippen molar-refractivity contribution in [1.29, 1.82) is 5.26 Å². The monoisotopic (exact) mass is 335 g/mol. The smallest absolute Gasteiger partial charge is 0.154 e. The number of halogens is 2. The Kier molecular flexibility index (Phi) is 5.44. The lowest BCUT2D eigenvalue weighted by atomic mass is 10.2. The van der Waals surface area contributed by atoms with Crippen LogP contribution in [0.4, 0.5) is 0 Å². The number of rotatable bonds is 5. The van der Waals surface area contributed by atoms with E-state index in [0.29, 0.717) is 17.0 Å². The first-order valence-corrected chi connectivity index (χ1v) is 7.95. The molecule has 0 N–H and O–H groups in total. The van der Waals surface area contributed by atoms with Crippen molar-refractivity contribution < 1.29 is 8.42 Å². The molecule has 0 unspecified atom stereocenters. The molecule has 0 aliphatic heterocycles. The molecular weight excluding hydrogens is 326 g/mol. The summed E-state index contributed by atoms with van der Waals surface area (Å²) in [5.74, 6) is -0.0693. The van der Waals surface area contributed by atoms with E-state index in [-0.39, 0.29) is 17.9 Å². The van der Waals surface area contributed by atoms with Gasteiger partial charge in [-0.15, -0.1) is 0 Å². The molecule has 0 radical (unpaired) electrons. The lowest BCUT2D eigenvalue weighted by Gasteiger charge is -2.06. The summed E-state index contributed by atoms with van der Waals surface area (Å²) in [7, 11) is -3.20. The van der Waals surface area contributed by atoms with Crippen LogP contribution in [0.3, 0.4) is 0 Å². The maximum absolute atomic E-state index is 11.8. The first-order chi connectivity index (χ1) is 7.94. The summed E-state index contributed by atoms with van der Waals surface area (Å²) in [6.07, 6.45) is 0.621. The van der Waals surface area contributed by atoms with Crippen LogP contribution in [0.15, 0.2) is 22.7 Å². The molecule has 0 heterocycles. The van der Waals surface area contributed by atoms with Crippen molar-refractivity contribution in [3.8, 4) is 6.07 Å². The van der Waals surface area contributed by atoms with E-state index in [1.54, 1.807) is 18.2 Å². The van der Waals surface area contributed by atoms with Gasteiger partial charge in [0.05, 0.1) is 17.6 Å². The highest BCUT2D eigenvalue weighted by Gasteiger charge is 2.14. The van der Waals surface area contributed by atoms with Crippen LogP contribution >= 0.6 is 27.5 Å². The van der Waals surface area contributed by atoms with Gasteiger partial charge in [-0.1, -0.05) is 27.5 Å². The van der Waals surface area contributed by atoms with Gasteiger partial charge in [-0.25, -0.2) is 8.42 Å². The van der Waals surface area contributed by atoms with Gasteiger partial charge < -0.3 is 0 Å². The van der Waals surface area contributed by atoms with Crippen LogP contribution in [-0.2, 0) is 15.6 Å². The fourth-order valence-electron chi connectivity index (χ4n) is 1.33. The summed E-state index contributed by atoms with van der Waals surface area (Å²) in [5, 5.41) is 8.80. The van der Waals surface area contributed by atoms with Crippen molar-refractivity contribution in [2.24, 2.45) is 0 Å². The first kappa shape index (κ1) is 14.5. The molecule has 0 saturated carbocycles. The van der Waals surface area contributed by atoms with E-state index in [0.717, 1.165) is 4.47 Å². The molecule has 0 fully saturated rings. The minimum atomic E-state index is -3.20. The summed E-state index contributed by atoms with van der Waals surface area (Å²) in [5.41, 5.74) is 0.581. The van der Waals surface area contributed by atoms with Gasteiger partial charge >= 0.3 is 0 Å². The SMILES string of the molecule is N#CCCCS(=O)(=O)Cc1cc(Br)ccc1Cl. The molecule has 0 aliphatic carbocycles. The zero-order valence-corrected chi connectivity index (χ0v) is 12.1. The molecular formula is C11H11BrClNO2S. The van der Waals surface area contributed by atoms with E-state index in [1.165, 1.54) is 0 Å². The second-order valence-corrected chi connectivity index (χ2v) is 7.10. The van der Waals surface area contributed by atoms with Crippen molar-refractivity contribution in [2.45, 2.75) is 18.6 Å². The molecule has 0 aromatic heterocycles. The van der Waals surface area contributed by atoms with Crippen LogP contribution in [0.2, 0.25) is 5.02 Å². The molecule has 1 aromatic rings. The predicted octanol–water partition coefficient (Wildman–Crippen LogP) is 3.32. The molecule has 0 amide bonds. The number of benzene rings is 1. The summed E-state index contributed by atoms with van der Waals surface area (Å²) in [4.78, 5) is 0. The second-order valence-electron chi connectivity index (χ2n) is 3.59. The molecule has 1 aromatic carbocycles. The third-order valence-corrected chi connectivity index (χ3v) is 4.65. The van der Waals surface area contributed by atoms with E-state index in [4.69, 9.17) is 16.9 Å². The summed E-state index contributed by atoms with van der Waals surface area (Å²) in [6, 6.07) is 7.04. The Balaban J connectivity index is 2.76. The van der Waals surface area contributed by atoms with Crippen LogP contribution in [-0.4, -0.2) is 14.2 Å². The Morgan fingerprint density at radius 1 is 1.41 bits per heavy atom. The summed E-state index contributed by atoms with van der Waals surface area (Å²) >= 11 is 9.20. The van der Waals surface area contributed by atoms with Crippen LogP contribution in [0.5, 0.6) is 0 Å². The minimum absolute atomic E-state index is 0.0173. The van der Waals surface area contributed by atoms with Crippen molar-refractivity contribution in [2.75, 3.05) is 5.75 Å². The van der Waals surface area contributed by atoms with E-state index in [1.807, 2.05) is 6.07 Å². The quantitative estimate of drug-likeness (QED) is 0.775. The molecule has 0 spiro atoms. The zero-order chi connectivity index (χ0) is 12.9. The third-order valence-electron chi connectivity index (χ3n) is 2.13. The Morgan fingerprint density at radius 3 is 2.76 bits per heavy atom. The topological polar surface area (TPSA) is 57.9 Å². The minimum Gasteiger partial charge on any atom is -0.228 e. The van der Waals surface area contributed by atoms with Gasteiger partial charge in [0.25, 0.3) is 0 Å². The Bertz CT molecular complexity index is 537. The third kappa shape index (κ3) is 5.07. The number of nitriles is 1. The molecule has 0 atom stereocenters. The molecule has 6 heteroatoms. The van der Waals surface area contributed by atoms with Crippen LogP contribution in [0, 0.1) is 11.3 Å². The standard InChI is InChI=1S/C11H11BrClNO2S/c12-10-3-4-11(13)9(7-10)8-17(15,16)6-2-1-5-14/h3-4,7H,1-2,6,8H2.